The van der Waals surface area contributed by atoms with Crippen LogP contribution in [0, 0.1) is 0 Å². The van der Waals surface area contributed by atoms with E-state index in [1.165, 1.54) is 33.5 Å². The van der Waals surface area contributed by atoms with Crippen LogP contribution in [0.4, 0.5) is 11.4 Å². The van der Waals surface area contributed by atoms with Gasteiger partial charge in [-0.25, -0.2) is 4.98 Å². The minimum Gasteiger partial charge on any atom is -0.484 e. The smallest absolute Gasteiger partial charge is 0.137 e. The molecule has 0 N–H and O–H groups in total. The molecule has 0 saturated heterocycles. The van der Waals surface area contributed by atoms with Gasteiger partial charge in [0.1, 0.15) is 11.9 Å². The lowest BCUT2D eigenvalue weighted by molar-refractivity contribution is 0.224. The molecule has 0 spiro atoms. The zero-order valence-corrected chi connectivity index (χ0v) is 25.0. The van der Waals surface area contributed by atoms with Crippen LogP contribution < -0.4 is 9.64 Å². The molecular formula is C41H31N3O. The van der Waals surface area contributed by atoms with Crippen molar-refractivity contribution in [3.63, 3.8) is 0 Å². The number of nitrogens with zero attached hydrogens (tertiary/aromatic N) is 3. The molecule has 0 radical (unpaired) electrons. The summed E-state index contributed by atoms with van der Waals surface area (Å²) in [4.78, 5) is 12.4. The summed E-state index contributed by atoms with van der Waals surface area (Å²) in [5.41, 5.74) is 11.0. The number of pyridine rings is 2. The number of anilines is 2. The highest BCUT2D eigenvalue weighted by Crippen LogP contribution is 2.58. The van der Waals surface area contributed by atoms with Crippen LogP contribution in [0.15, 0.2) is 146 Å². The zero-order valence-electron chi connectivity index (χ0n) is 25.0. The van der Waals surface area contributed by atoms with Gasteiger partial charge < -0.3 is 9.64 Å². The van der Waals surface area contributed by atoms with Gasteiger partial charge in [-0.3, -0.25) is 4.98 Å². The van der Waals surface area contributed by atoms with Crippen LogP contribution in [0.1, 0.15) is 53.3 Å². The second-order valence-electron chi connectivity index (χ2n) is 12.4. The van der Waals surface area contributed by atoms with E-state index in [-0.39, 0.29) is 12.0 Å². The third-order valence-electron chi connectivity index (χ3n) is 9.59. The molecule has 9 rings (SSSR count). The number of hydrogen-bond donors (Lipinski definition) is 0. The van der Waals surface area contributed by atoms with Gasteiger partial charge in [-0.15, -0.1) is 0 Å². The SMILES string of the molecule is CC1(N2c3cnccc3C3Oc4ccccc4C3c3ccccc32)C=C(c2ccccc2)C=C(c2ccc3ccccc3n2)C1. The number of allylic oxidation sites excluding steroid dienone is 2. The summed E-state index contributed by atoms with van der Waals surface area (Å²) in [5, 5.41) is 1.15. The van der Waals surface area contributed by atoms with Crippen LogP contribution in [-0.2, 0) is 0 Å². The maximum absolute atomic E-state index is 6.77. The lowest BCUT2D eigenvalue weighted by Gasteiger charge is -2.44. The number of benzene rings is 4. The average Bonchev–Trinajstić information content (AvgIpc) is 3.42. The molecule has 0 bridgehead atoms. The minimum atomic E-state index is -0.450. The van der Waals surface area contributed by atoms with E-state index in [0.717, 1.165) is 40.0 Å². The third-order valence-corrected chi connectivity index (χ3v) is 9.59. The van der Waals surface area contributed by atoms with Crippen molar-refractivity contribution in [1.29, 1.82) is 0 Å². The molecule has 2 aliphatic heterocycles. The molecule has 0 saturated carbocycles. The van der Waals surface area contributed by atoms with Gasteiger partial charge in [0.05, 0.1) is 34.6 Å². The van der Waals surface area contributed by atoms with E-state index < -0.39 is 5.54 Å². The molecule has 216 valence electrons. The Balaban J connectivity index is 1.27. The Morgan fingerprint density at radius 3 is 2.42 bits per heavy atom. The molecule has 4 aromatic carbocycles. The Labute approximate surface area is 263 Å². The molecule has 0 fully saturated rings. The number of fused-ring (bicyclic) bond motifs is 8. The Bertz CT molecular complexity index is 2170. The van der Waals surface area contributed by atoms with Crippen LogP contribution in [0.2, 0.25) is 0 Å². The molecule has 2 aromatic heterocycles. The van der Waals surface area contributed by atoms with Crippen molar-refractivity contribution in [2.75, 3.05) is 4.90 Å². The first-order valence-electron chi connectivity index (χ1n) is 15.6. The van der Waals surface area contributed by atoms with E-state index in [0.29, 0.717) is 0 Å². The molecule has 3 aliphatic rings. The average molecular weight is 582 g/mol. The molecule has 4 heteroatoms. The number of para-hydroxylation sites is 3. The molecule has 4 nitrogen and oxygen atoms in total. The van der Waals surface area contributed by atoms with Crippen molar-refractivity contribution >= 4 is 33.4 Å². The number of ether oxygens (including phenoxy) is 1. The molecule has 1 aliphatic carbocycles. The topological polar surface area (TPSA) is 38.2 Å². The monoisotopic (exact) mass is 581 g/mol. The van der Waals surface area contributed by atoms with Crippen LogP contribution in [0.3, 0.4) is 0 Å². The minimum absolute atomic E-state index is 0.0745. The van der Waals surface area contributed by atoms with Gasteiger partial charge in [0.25, 0.3) is 0 Å². The quantitative estimate of drug-likeness (QED) is 0.209. The van der Waals surface area contributed by atoms with Gasteiger partial charge in [-0.2, -0.15) is 0 Å². The highest BCUT2D eigenvalue weighted by atomic mass is 16.5. The fourth-order valence-corrected chi connectivity index (χ4v) is 7.65. The molecule has 0 amide bonds. The maximum Gasteiger partial charge on any atom is 0.137 e. The fraction of sp³-hybridized carbons (Fsp3) is 0.122. The van der Waals surface area contributed by atoms with E-state index in [1.54, 1.807) is 0 Å². The van der Waals surface area contributed by atoms with Crippen molar-refractivity contribution < 1.29 is 4.74 Å². The van der Waals surface area contributed by atoms with Crippen LogP contribution in [0.5, 0.6) is 5.75 Å². The van der Waals surface area contributed by atoms with E-state index in [9.17, 15) is 0 Å². The first-order chi connectivity index (χ1) is 22.2. The van der Waals surface area contributed by atoms with Gasteiger partial charge in [-0.05, 0) is 65.6 Å². The van der Waals surface area contributed by atoms with Crippen molar-refractivity contribution in [3.05, 3.63) is 174 Å². The molecule has 3 atom stereocenters. The summed E-state index contributed by atoms with van der Waals surface area (Å²) in [6.45, 7) is 2.35. The first kappa shape index (κ1) is 26.0. The second kappa shape index (κ2) is 10.0. The third kappa shape index (κ3) is 4.13. The van der Waals surface area contributed by atoms with Crippen LogP contribution in [0.25, 0.3) is 22.0 Å². The van der Waals surface area contributed by atoms with Crippen molar-refractivity contribution in [2.45, 2.75) is 30.9 Å². The fourth-order valence-electron chi connectivity index (χ4n) is 7.65. The summed E-state index contributed by atoms with van der Waals surface area (Å²) >= 11 is 0. The van der Waals surface area contributed by atoms with Gasteiger partial charge in [0, 0.05) is 34.8 Å². The van der Waals surface area contributed by atoms with Crippen LogP contribution >= 0.6 is 0 Å². The van der Waals surface area contributed by atoms with Gasteiger partial charge in [0.15, 0.2) is 0 Å². The standard InChI is InChI=1S/C41H31N3O/c1-41(24-29(27-11-3-2-4-12-27)23-30(25-41)35-20-19-28-13-5-8-16-34(28)43-35)44-36-17-9-6-14-31(36)39-33-15-7-10-18-38(33)45-40(39)32-21-22-42-26-37(32)44/h2-24,26,39-40H,25H2,1H3. The van der Waals surface area contributed by atoms with Crippen molar-refractivity contribution in [3.8, 4) is 5.75 Å². The van der Waals surface area contributed by atoms with Crippen LogP contribution in [-0.4, -0.2) is 15.5 Å². The Morgan fingerprint density at radius 1 is 0.733 bits per heavy atom. The van der Waals surface area contributed by atoms with E-state index >= 15 is 0 Å². The Morgan fingerprint density at radius 2 is 1.51 bits per heavy atom. The molecule has 4 heterocycles. The number of rotatable bonds is 3. The first-order valence-corrected chi connectivity index (χ1v) is 15.6. The molecule has 6 aromatic rings. The lowest BCUT2D eigenvalue weighted by atomic mass is 9.79. The number of aromatic nitrogens is 2. The summed E-state index contributed by atoms with van der Waals surface area (Å²) in [6.07, 6.45) is 9.31. The van der Waals surface area contributed by atoms with Gasteiger partial charge >= 0.3 is 0 Å². The predicted molar refractivity (Wildman–Crippen MR) is 182 cm³/mol. The van der Waals surface area contributed by atoms with E-state index in [2.05, 4.69) is 145 Å². The Hall–Kier alpha value is -5.48. The van der Waals surface area contributed by atoms with Gasteiger partial charge in [0.2, 0.25) is 0 Å². The van der Waals surface area contributed by atoms with Crippen molar-refractivity contribution in [1.82, 2.24) is 9.97 Å². The van der Waals surface area contributed by atoms with E-state index in [1.807, 2.05) is 12.4 Å². The van der Waals surface area contributed by atoms with Crippen molar-refractivity contribution in [2.24, 2.45) is 0 Å². The van der Waals surface area contributed by atoms with Gasteiger partial charge in [-0.1, -0.05) is 97.1 Å². The van der Waals surface area contributed by atoms with E-state index in [4.69, 9.17) is 14.7 Å². The highest BCUT2D eigenvalue weighted by molar-refractivity contribution is 5.91. The second-order valence-corrected chi connectivity index (χ2v) is 12.4. The lowest BCUT2D eigenvalue weighted by Crippen LogP contribution is -2.44. The largest absolute Gasteiger partial charge is 0.484 e. The molecule has 3 unspecified atom stereocenters. The predicted octanol–water partition coefficient (Wildman–Crippen LogP) is 9.68. The normalized spacial score (nSPS) is 21.4. The highest BCUT2D eigenvalue weighted by Gasteiger charge is 2.46. The summed E-state index contributed by atoms with van der Waals surface area (Å²) in [6, 6.07) is 42.9. The maximum atomic E-state index is 6.77. The molecule has 45 heavy (non-hydrogen) atoms. The zero-order chi connectivity index (χ0) is 30.0. The summed E-state index contributed by atoms with van der Waals surface area (Å²) in [5.74, 6) is 1.03. The number of hydrogen-bond acceptors (Lipinski definition) is 4. The Kier molecular flexibility index (Phi) is 5.79. The summed E-state index contributed by atoms with van der Waals surface area (Å²) < 4.78 is 6.77. The molecular weight excluding hydrogens is 550 g/mol. The summed E-state index contributed by atoms with van der Waals surface area (Å²) in [7, 11) is 0.